The lowest BCUT2D eigenvalue weighted by molar-refractivity contribution is 0.112. The van der Waals surface area contributed by atoms with Gasteiger partial charge in [0.2, 0.25) is 0 Å². The molecule has 0 aliphatic heterocycles. The van der Waals surface area contributed by atoms with Crippen molar-refractivity contribution in [1.29, 1.82) is 0 Å². The number of hydrogen-bond donors (Lipinski definition) is 0. The van der Waals surface area contributed by atoms with Crippen LogP contribution in [0.4, 0.5) is 0 Å². The predicted molar refractivity (Wildman–Crippen MR) is 70.4 cm³/mol. The van der Waals surface area contributed by atoms with E-state index in [9.17, 15) is 4.79 Å². The highest BCUT2D eigenvalue weighted by Gasteiger charge is 2.14. The first-order valence-electron chi connectivity index (χ1n) is 5.57. The highest BCUT2D eigenvalue weighted by atomic mass is 16.5. The van der Waals surface area contributed by atoms with Gasteiger partial charge >= 0.3 is 0 Å². The van der Waals surface area contributed by atoms with Crippen LogP contribution >= 0.6 is 0 Å². The van der Waals surface area contributed by atoms with Crippen LogP contribution < -0.4 is 9.47 Å². The molecule has 0 aliphatic carbocycles. The third-order valence-electron chi connectivity index (χ3n) is 2.78. The summed E-state index contributed by atoms with van der Waals surface area (Å²) < 4.78 is 10.7. The molecule has 0 saturated heterocycles. The van der Waals surface area contributed by atoms with Gasteiger partial charge in [-0.15, -0.1) is 0 Å². The minimum atomic E-state index is 0.582. The number of ether oxygens (including phenoxy) is 2. The van der Waals surface area contributed by atoms with Crippen molar-refractivity contribution in [2.45, 2.75) is 0 Å². The Balaban J connectivity index is 2.72. The summed E-state index contributed by atoms with van der Waals surface area (Å²) in [5.74, 6) is 1.37. The maximum Gasteiger partial charge on any atom is 0.150 e. The zero-order valence-electron chi connectivity index (χ0n) is 10.3. The van der Waals surface area contributed by atoms with Gasteiger partial charge in [0.1, 0.15) is 11.5 Å². The molecule has 3 nitrogen and oxygen atoms in total. The average Bonchev–Trinajstić information content (AvgIpc) is 2.46. The van der Waals surface area contributed by atoms with E-state index in [0.717, 1.165) is 17.4 Å². The van der Waals surface area contributed by atoms with Gasteiger partial charge in [-0.3, -0.25) is 4.79 Å². The van der Waals surface area contributed by atoms with Crippen molar-refractivity contribution in [2.75, 3.05) is 14.2 Å². The summed E-state index contributed by atoms with van der Waals surface area (Å²) in [4.78, 5) is 11.2. The number of methoxy groups -OCH3 is 2. The Morgan fingerprint density at radius 3 is 2.22 bits per heavy atom. The zero-order valence-corrected chi connectivity index (χ0v) is 10.3. The number of para-hydroxylation sites is 1. The van der Waals surface area contributed by atoms with E-state index >= 15 is 0 Å². The number of hydrogen-bond acceptors (Lipinski definition) is 3. The molecule has 2 aromatic rings. The molecular formula is C15H14O3. The topological polar surface area (TPSA) is 35.5 Å². The molecule has 0 spiro atoms. The van der Waals surface area contributed by atoms with Crippen LogP contribution in [-0.4, -0.2) is 20.5 Å². The summed E-state index contributed by atoms with van der Waals surface area (Å²) in [6.07, 6.45) is 0.824. The van der Waals surface area contributed by atoms with Crippen LogP contribution in [0.2, 0.25) is 0 Å². The van der Waals surface area contributed by atoms with Gasteiger partial charge in [0.05, 0.1) is 14.2 Å². The average molecular weight is 242 g/mol. The lowest BCUT2D eigenvalue weighted by Gasteiger charge is -2.13. The molecule has 0 saturated carbocycles. The molecule has 0 radical (unpaired) electrons. The largest absolute Gasteiger partial charge is 0.496 e. The van der Waals surface area contributed by atoms with Crippen LogP contribution in [-0.2, 0) is 0 Å². The summed E-state index contributed by atoms with van der Waals surface area (Å²) >= 11 is 0. The molecule has 0 bridgehead atoms. The summed E-state index contributed by atoms with van der Waals surface area (Å²) in [5.41, 5.74) is 2.19. The van der Waals surface area contributed by atoms with Crippen LogP contribution in [0.5, 0.6) is 11.5 Å². The Morgan fingerprint density at radius 1 is 0.889 bits per heavy atom. The molecule has 2 rings (SSSR count). The van der Waals surface area contributed by atoms with Gasteiger partial charge in [-0.05, 0) is 12.1 Å². The van der Waals surface area contributed by atoms with Gasteiger partial charge in [0, 0.05) is 16.7 Å². The second kappa shape index (κ2) is 5.36. The standard InChI is InChI=1S/C15H14O3/c1-17-13-8-4-3-7-12(13)15-11(10-16)6-5-9-14(15)18-2/h3-10H,1-2H3. The maximum atomic E-state index is 11.2. The van der Waals surface area contributed by atoms with Crippen molar-refractivity contribution < 1.29 is 14.3 Å². The molecule has 2 aromatic carbocycles. The van der Waals surface area contributed by atoms with Crippen molar-refractivity contribution >= 4 is 6.29 Å². The predicted octanol–water partition coefficient (Wildman–Crippen LogP) is 3.18. The fourth-order valence-corrected chi connectivity index (χ4v) is 1.96. The molecule has 0 N–H and O–H groups in total. The van der Waals surface area contributed by atoms with Gasteiger partial charge < -0.3 is 9.47 Å². The Hall–Kier alpha value is -2.29. The number of aldehydes is 1. The normalized spacial score (nSPS) is 9.89. The first-order chi connectivity index (χ1) is 8.81. The van der Waals surface area contributed by atoms with E-state index in [1.165, 1.54) is 0 Å². The maximum absolute atomic E-state index is 11.2. The van der Waals surface area contributed by atoms with Gasteiger partial charge in [0.15, 0.2) is 6.29 Å². The minimum Gasteiger partial charge on any atom is -0.496 e. The quantitative estimate of drug-likeness (QED) is 0.772. The first kappa shape index (κ1) is 12.2. The third-order valence-corrected chi connectivity index (χ3v) is 2.78. The lowest BCUT2D eigenvalue weighted by atomic mass is 9.98. The molecule has 0 unspecified atom stereocenters. The van der Waals surface area contributed by atoms with Crippen molar-refractivity contribution in [3.05, 3.63) is 48.0 Å². The highest BCUT2D eigenvalue weighted by Crippen LogP contribution is 2.38. The Kier molecular flexibility index (Phi) is 3.63. The number of benzene rings is 2. The fourth-order valence-electron chi connectivity index (χ4n) is 1.96. The summed E-state index contributed by atoms with van der Waals surface area (Å²) in [5, 5.41) is 0. The molecule has 0 heterocycles. The highest BCUT2D eigenvalue weighted by molar-refractivity contribution is 5.92. The molecular weight excluding hydrogens is 228 g/mol. The van der Waals surface area contributed by atoms with Gasteiger partial charge in [-0.25, -0.2) is 0 Å². The van der Waals surface area contributed by atoms with E-state index in [1.807, 2.05) is 30.3 Å². The molecule has 0 atom stereocenters. The van der Waals surface area contributed by atoms with E-state index in [1.54, 1.807) is 26.4 Å². The lowest BCUT2D eigenvalue weighted by Crippen LogP contribution is -1.95. The minimum absolute atomic E-state index is 0.582. The molecule has 92 valence electrons. The zero-order chi connectivity index (χ0) is 13.0. The van der Waals surface area contributed by atoms with Gasteiger partial charge in [-0.1, -0.05) is 30.3 Å². The van der Waals surface area contributed by atoms with Crippen LogP contribution in [0.15, 0.2) is 42.5 Å². The van der Waals surface area contributed by atoms with Crippen LogP contribution in [0.3, 0.4) is 0 Å². The van der Waals surface area contributed by atoms with Crippen molar-refractivity contribution in [1.82, 2.24) is 0 Å². The van der Waals surface area contributed by atoms with Crippen molar-refractivity contribution in [2.24, 2.45) is 0 Å². The number of rotatable bonds is 4. The summed E-state index contributed by atoms with van der Waals surface area (Å²) in [6, 6.07) is 12.9. The van der Waals surface area contributed by atoms with Gasteiger partial charge in [-0.2, -0.15) is 0 Å². The van der Waals surface area contributed by atoms with Crippen molar-refractivity contribution in [3.63, 3.8) is 0 Å². The van der Waals surface area contributed by atoms with E-state index in [-0.39, 0.29) is 0 Å². The van der Waals surface area contributed by atoms with E-state index in [0.29, 0.717) is 17.1 Å². The second-order valence-corrected chi connectivity index (χ2v) is 3.74. The van der Waals surface area contributed by atoms with E-state index < -0.39 is 0 Å². The summed E-state index contributed by atoms with van der Waals surface area (Å²) in [6.45, 7) is 0. The first-order valence-corrected chi connectivity index (χ1v) is 5.57. The van der Waals surface area contributed by atoms with Crippen molar-refractivity contribution in [3.8, 4) is 22.6 Å². The van der Waals surface area contributed by atoms with Crippen LogP contribution in [0, 0.1) is 0 Å². The molecule has 3 heteroatoms. The number of carbonyl (C=O) groups is 1. The molecule has 0 aliphatic rings. The van der Waals surface area contributed by atoms with E-state index in [4.69, 9.17) is 9.47 Å². The van der Waals surface area contributed by atoms with Crippen LogP contribution in [0.25, 0.3) is 11.1 Å². The molecule has 0 aromatic heterocycles. The monoisotopic (exact) mass is 242 g/mol. The SMILES string of the molecule is COc1ccccc1-c1c(C=O)cccc1OC. The molecule has 0 fully saturated rings. The Bertz CT molecular complexity index is 561. The number of carbonyl (C=O) groups excluding carboxylic acids is 1. The Labute approximate surface area is 106 Å². The fraction of sp³-hybridized carbons (Fsp3) is 0.133. The molecule has 18 heavy (non-hydrogen) atoms. The van der Waals surface area contributed by atoms with Gasteiger partial charge in [0.25, 0.3) is 0 Å². The smallest absolute Gasteiger partial charge is 0.150 e. The molecule has 0 amide bonds. The summed E-state index contributed by atoms with van der Waals surface area (Å²) in [7, 11) is 3.19. The Morgan fingerprint density at radius 2 is 1.56 bits per heavy atom. The second-order valence-electron chi connectivity index (χ2n) is 3.74. The third kappa shape index (κ3) is 2.07. The van der Waals surface area contributed by atoms with Crippen LogP contribution in [0.1, 0.15) is 10.4 Å². The van der Waals surface area contributed by atoms with E-state index in [2.05, 4.69) is 0 Å².